The van der Waals surface area contributed by atoms with Crippen LogP contribution in [-0.4, -0.2) is 79.2 Å². The monoisotopic (exact) mass is 490 g/mol. The van der Waals surface area contributed by atoms with E-state index in [1.165, 1.54) is 0 Å². The highest BCUT2D eigenvalue weighted by atomic mass is 16.4. The number of carbonyl (C=O) groups is 1. The molecule has 0 aliphatic carbocycles. The summed E-state index contributed by atoms with van der Waals surface area (Å²) in [4.78, 5) is 30.9. The van der Waals surface area contributed by atoms with E-state index in [0.717, 1.165) is 5.56 Å². The predicted octanol–water partition coefficient (Wildman–Crippen LogP) is 1.41. The van der Waals surface area contributed by atoms with Crippen LogP contribution in [0.1, 0.15) is 23.2 Å². The van der Waals surface area contributed by atoms with Crippen LogP contribution in [0.3, 0.4) is 0 Å². The van der Waals surface area contributed by atoms with E-state index in [0.29, 0.717) is 79.2 Å². The number of hydrogen-bond acceptors (Lipinski definition) is 10. The summed E-state index contributed by atoms with van der Waals surface area (Å²) in [6, 6.07) is 7.38. The van der Waals surface area contributed by atoms with Crippen molar-refractivity contribution in [2.24, 2.45) is 7.05 Å². The lowest BCUT2D eigenvalue weighted by molar-refractivity contribution is 0.102. The molecule has 12 nitrogen and oxygen atoms in total. The Morgan fingerprint density at radius 1 is 1.08 bits per heavy atom. The second-order valence-electron chi connectivity index (χ2n) is 9.22. The number of amides is 1. The third kappa shape index (κ3) is 4.25. The summed E-state index contributed by atoms with van der Waals surface area (Å²) in [5, 5.41) is 27.0. The van der Waals surface area contributed by atoms with Crippen molar-refractivity contribution in [3.8, 4) is 11.3 Å². The lowest BCUT2D eigenvalue weighted by Gasteiger charge is -2.19. The first-order valence-electron chi connectivity index (χ1n) is 11.9. The van der Waals surface area contributed by atoms with Crippen molar-refractivity contribution in [3.63, 3.8) is 0 Å². The fraction of sp³-hybridized carbons (Fsp3) is 0.375. The Morgan fingerprint density at radius 3 is 2.56 bits per heavy atom. The van der Waals surface area contributed by atoms with Crippen molar-refractivity contribution in [1.82, 2.24) is 24.7 Å². The van der Waals surface area contributed by atoms with Crippen LogP contribution in [0.25, 0.3) is 22.5 Å². The summed E-state index contributed by atoms with van der Waals surface area (Å²) in [7, 11) is 1.83. The minimum Gasteiger partial charge on any atom is -0.422 e. The number of anilines is 3. The molecule has 36 heavy (non-hydrogen) atoms. The maximum Gasteiger partial charge on any atom is 0.300 e. The molecule has 2 fully saturated rings. The van der Waals surface area contributed by atoms with Gasteiger partial charge in [0, 0.05) is 51.1 Å². The number of nitrogens with zero attached hydrogens (tertiary/aromatic N) is 7. The molecule has 186 valence electrons. The number of β-amino-alcohol motifs (C(OH)–C–C–N with tert-alkyl or cyclic N) is 2. The second-order valence-corrected chi connectivity index (χ2v) is 9.22. The summed E-state index contributed by atoms with van der Waals surface area (Å²) in [5.41, 5.74) is 2.57. The highest BCUT2D eigenvalue weighted by molar-refractivity contribution is 6.08. The van der Waals surface area contributed by atoms with Gasteiger partial charge in [-0.1, -0.05) is 6.07 Å². The van der Waals surface area contributed by atoms with Crippen LogP contribution in [0.2, 0.25) is 0 Å². The smallest absolute Gasteiger partial charge is 0.300 e. The average molecular weight is 491 g/mol. The third-order valence-corrected chi connectivity index (χ3v) is 6.48. The van der Waals surface area contributed by atoms with Gasteiger partial charge in [-0.05, 0) is 25.0 Å². The van der Waals surface area contributed by atoms with E-state index in [2.05, 4.69) is 25.4 Å². The zero-order valence-electron chi connectivity index (χ0n) is 19.7. The standard InChI is InChI=1S/C24H26N8O4/c1-30-11-14(10-25-30)18-3-2-4-20(26-18)27-23(35)17-9-19-21(28-22(17)31-7-5-15(33)12-31)29-24(36-19)32-8-6-16(34)13-32/h2-4,9-11,15-16,33-34H,5-8,12-13H2,1H3,(H,26,27,35). The number of nitrogens with one attached hydrogen (secondary N) is 1. The van der Waals surface area contributed by atoms with E-state index in [4.69, 9.17) is 4.42 Å². The number of aliphatic hydroxyl groups is 2. The van der Waals surface area contributed by atoms with Crippen LogP contribution in [0.5, 0.6) is 0 Å². The van der Waals surface area contributed by atoms with Crippen LogP contribution in [0.4, 0.5) is 17.7 Å². The van der Waals surface area contributed by atoms with E-state index in [9.17, 15) is 15.0 Å². The molecule has 4 aromatic rings. The van der Waals surface area contributed by atoms with Crippen molar-refractivity contribution in [2.45, 2.75) is 25.0 Å². The lowest BCUT2D eigenvalue weighted by Crippen LogP contribution is -2.26. The van der Waals surface area contributed by atoms with Crippen molar-refractivity contribution in [2.75, 3.05) is 41.3 Å². The zero-order valence-corrected chi connectivity index (χ0v) is 19.7. The van der Waals surface area contributed by atoms with Gasteiger partial charge in [0.25, 0.3) is 11.9 Å². The molecule has 0 aromatic carbocycles. The Kier molecular flexibility index (Phi) is 5.53. The first-order chi connectivity index (χ1) is 17.4. The fourth-order valence-electron chi connectivity index (χ4n) is 4.64. The molecule has 1 amide bonds. The maximum absolute atomic E-state index is 13.5. The molecule has 12 heteroatoms. The van der Waals surface area contributed by atoms with Gasteiger partial charge in [0.1, 0.15) is 11.6 Å². The Hall–Kier alpha value is -4.03. The molecular weight excluding hydrogens is 464 g/mol. The Labute approximate surface area is 206 Å². The minimum atomic E-state index is -0.491. The lowest BCUT2D eigenvalue weighted by atomic mass is 10.2. The van der Waals surface area contributed by atoms with Gasteiger partial charge in [0.15, 0.2) is 5.58 Å². The molecule has 2 aliphatic rings. The van der Waals surface area contributed by atoms with Gasteiger partial charge in [-0.2, -0.15) is 10.1 Å². The van der Waals surface area contributed by atoms with Crippen molar-refractivity contribution in [1.29, 1.82) is 0 Å². The number of pyridine rings is 2. The molecule has 6 rings (SSSR count). The highest BCUT2D eigenvalue weighted by Crippen LogP contribution is 2.31. The summed E-state index contributed by atoms with van der Waals surface area (Å²) in [5.74, 6) is 0.422. The molecule has 3 N–H and O–H groups in total. The molecule has 2 aliphatic heterocycles. The third-order valence-electron chi connectivity index (χ3n) is 6.48. The Bertz CT molecular complexity index is 1430. The minimum absolute atomic E-state index is 0.300. The highest BCUT2D eigenvalue weighted by Gasteiger charge is 2.29. The molecule has 4 aromatic heterocycles. The summed E-state index contributed by atoms with van der Waals surface area (Å²) in [6.07, 6.45) is 3.88. The van der Waals surface area contributed by atoms with E-state index < -0.39 is 18.1 Å². The van der Waals surface area contributed by atoms with Gasteiger partial charge < -0.3 is 29.7 Å². The molecule has 2 unspecified atom stereocenters. The van der Waals surface area contributed by atoms with E-state index in [1.807, 2.05) is 35.2 Å². The predicted molar refractivity (Wildman–Crippen MR) is 132 cm³/mol. The van der Waals surface area contributed by atoms with Gasteiger partial charge >= 0.3 is 0 Å². The van der Waals surface area contributed by atoms with Gasteiger partial charge in [0.2, 0.25) is 5.65 Å². The number of fused-ring (bicyclic) bond motifs is 1. The molecule has 0 bridgehead atoms. The molecule has 0 radical (unpaired) electrons. The number of aryl methyl sites for hydroxylation is 1. The molecule has 6 heterocycles. The number of oxazole rings is 1. The average Bonchev–Trinajstić information content (AvgIpc) is 3.65. The number of hydrogen-bond donors (Lipinski definition) is 3. The zero-order chi connectivity index (χ0) is 24.8. The van der Waals surface area contributed by atoms with Gasteiger partial charge in [0.05, 0.1) is 29.7 Å². The topological polar surface area (TPSA) is 146 Å². The van der Waals surface area contributed by atoms with Crippen molar-refractivity contribution in [3.05, 3.63) is 42.2 Å². The molecule has 2 atom stereocenters. The summed E-state index contributed by atoms with van der Waals surface area (Å²) < 4.78 is 7.62. The van der Waals surface area contributed by atoms with E-state index >= 15 is 0 Å². The summed E-state index contributed by atoms with van der Waals surface area (Å²) in [6.45, 7) is 2.00. The molecule has 2 saturated heterocycles. The van der Waals surface area contributed by atoms with Crippen molar-refractivity contribution < 1.29 is 19.4 Å². The molecule has 0 saturated carbocycles. The summed E-state index contributed by atoms with van der Waals surface area (Å²) >= 11 is 0. The Morgan fingerprint density at radius 2 is 1.86 bits per heavy atom. The van der Waals surface area contributed by atoms with Crippen LogP contribution >= 0.6 is 0 Å². The van der Waals surface area contributed by atoms with Crippen LogP contribution in [0, 0.1) is 0 Å². The van der Waals surface area contributed by atoms with Crippen LogP contribution in [0.15, 0.2) is 41.1 Å². The maximum atomic E-state index is 13.5. The SMILES string of the molecule is Cn1cc(-c2cccc(NC(=O)c3cc4oc(N5CCC(O)C5)nc4nc3N3CCC(O)C3)n2)cn1. The van der Waals surface area contributed by atoms with Crippen molar-refractivity contribution >= 4 is 34.8 Å². The van der Waals surface area contributed by atoms with Crippen LogP contribution in [-0.2, 0) is 7.05 Å². The fourth-order valence-corrected chi connectivity index (χ4v) is 4.64. The first kappa shape index (κ1) is 22.4. The van der Waals surface area contributed by atoms with Crippen LogP contribution < -0.4 is 15.1 Å². The normalized spacial score (nSPS) is 20.0. The van der Waals surface area contributed by atoms with Gasteiger partial charge in [-0.25, -0.2) is 9.97 Å². The van der Waals surface area contributed by atoms with E-state index in [-0.39, 0.29) is 0 Å². The Balaban J connectivity index is 1.34. The number of aromatic nitrogens is 5. The second kappa shape index (κ2) is 8.88. The van der Waals surface area contributed by atoms with E-state index in [1.54, 1.807) is 23.0 Å². The largest absolute Gasteiger partial charge is 0.422 e. The molecule has 0 spiro atoms. The van der Waals surface area contributed by atoms with Gasteiger partial charge in [-0.3, -0.25) is 9.48 Å². The number of aliphatic hydroxyl groups excluding tert-OH is 2. The quantitative estimate of drug-likeness (QED) is 0.375. The first-order valence-corrected chi connectivity index (χ1v) is 11.9. The van der Waals surface area contributed by atoms with Gasteiger partial charge in [-0.15, -0.1) is 0 Å². The molecular formula is C24H26N8O4. The number of carbonyl (C=O) groups excluding carboxylic acids is 1. The number of rotatable bonds is 5.